The highest BCUT2D eigenvalue weighted by atomic mass is 32.2. The van der Waals surface area contributed by atoms with Gasteiger partial charge in [0.1, 0.15) is 18.1 Å². The molecule has 0 bridgehead atoms. The Hall–Kier alpha value is -4.15. The van der Waals surface area contributed by atoms with E-state index in [1.807, 2.05) is 50.2 Å². The highest BCUT2D eigenvalue weighted by Gasteiger charge is 2.34. The SMILES string of the molecule is Cc1ccc(-c2nc(CCOc3cccc(CN(CC(=O)O)S(=O)(=O)N4CCCc5ccccc54)c3)c(C)o2)cc1. The molecule has 0 unspecified atom stereocenters. The van der Waals surface area contributed by atoms with Gasteiger partial charge in [-0.25, -0.2) is 4.98 Å². The number of para-hydroxylation sites is 1. The van der Waals surface area contributed by atoms with Crippen molar-refractivity contribution < 1.29 is 27.5 Å². The minimum Gasteiger partial charge on any atom is -0.493 e. The molecule has 1 aliphatic rings. The number of nitrogens with zero attached hydrogens (tertiary/aromatic N) is 3. The van der Waals surface area contributed by atoms with Crippen molar-refractivity contribution in [3.63, 3.8) is 0 Å². The van der Waals surface area contributed by atoms with E-state index in [4.69, 9.17) is 9.15 Å². The van der Waals surface area contributed by atoms with Crippen molar-refractivity contribution in [3.05, 3.63) is 101 Å². The highest BCUT2D eigenvalue weighted by Crippen LogP contribution is 2.31. The number of aliphatic carboxylic acids is 1. The average molecular weight is 576 g/mol. The molecule has 0 saturated carbocycles. The predicted octanol–water partition coefficient (Wildman–Crippen LogP) is 5.16. The maximum absolute atomic E-state index is 13.7. The second kappa shape index (κ2) is 12.2. The maximum atomic E-state index is 13.7. The van der Waals surface area contributed by atoms with Crippen molar-refractivity contribution >= 4 is 21.9 Å². The quantitative estimate of drug-likeness (QED) is 0.263. The zero-order valence-corrected chi connectivity index (χ0v) is 23.9. The Morgan fingerprint density at radius 2 is 1.85 bits per heavy atom. The number of carbonyl (C=O) groups is 1. The van der Waals surface area contributed by atoms with Gasteiger partial charge in [-0.3, -0.25) is 9.10 Å². The van der Waals surface area contributed by atoms with Crippen LogP contribution in [0.3, 0.4) is 0 Å². The Morgan fingerprint density at radius 1 is 1.07 bits per heavy atom. The molecule has 0 saturated heterocycles. The van der Waals surface area contributed by atoms with Crippen molar-refractivity contribution in [3.8, 4) is 17.2 Å². The fraction of sp³-hybridized carbons (Fsp3) is 0.290. The van der Waals surface area contributed by atoms with Crippen LogP contribution in [0.15, 0.2) is 77.2 Å². The molecule has 1 aliphatic heterocycles. The standard InChI is InChI=1S/C31H33N3O6S/c1-22-12-14-26(15-13-22)31-32-28(23(2)40-31)16-18-39-27-10-5-7-24(19-27)20-33(21-30(35)36)41(37,38)34-17-6-9-25-8-3-4-11-29(25)34/h3-5,7-8,10-15,19H,6,9,16-18,20-21H2,1-2H3,(H,35,36). The van der Waals surface area contributed by atoms with Gasteiger partial charge in [0, 0.05) is 25.1 Å². The molecule has 10 heteroatoms. The van der Waals surface area contributed by atoms with E-state index < -0.39 is 22.7 Å². The van der Waals surface area contributed by atoms with Crippen LogP contribution in [0.4, 0.5) is 5.69 Å². The third kappa shape index (κ3) is 6.61. The molecule has 5 rings (SSSR count). The van der Waals surface area contributed by atoms with E-state index >= 15 is 0 Å². The van der Waals surface area contributed by atoms with E-state index in [0.717, 1.165) is 38.9 Å². The van der Waals surface area contributed by atoms with Crippen LogP contribution in [0.2, 0.25) is 0 Å². The van der Waals surface area contributed by atoms with Gasteiger partial charge in [0.2, 0.25) is 5.89 Å². The van der Waals surface area contributed by atoms with Crippen LogP contribution in [-0.2, 0) is 34.4 Å². The summed E-state index contributed by atoms with van der Waals surface area (Å²) < 4.78 is 41.5. The largest absolute Gasteiger partial charge is 0.493 e. The number of carboxylic acid groups (broad SMARTS) is 1. The van der Waals surface area contributed by atoms with Gasteiger partial charge in [-0.1, -0.05) is 48.0 Å². The zero-order chi connectivity index (χ0) is 29.0. The number of fused-ring (bicyclic) bond motifs is 1. The summed E-state index contributed by atoms with van der Waals surface area (Å²) in [4.78, 5) is 16.3. The van der Waals surface area contributed by atoms with Gasteiger partial charge in [-0.2, -0.15) is 12.7 Å². The lowest BCUT2D eigenvalue weighted by molar-refractivity contribution is -0.137. The summed E-state index contributed by atoms with van der Waals surface area (Å²) in [6.45, 7) is 3.78. The predicted molar refractivity (Wildman–Crippen MR) is 156 cm³/mol. The molecule has 41 heavy (non-hydrogen) atoms. The highest BCUT2D eigenvalue weighted by molar-refractivity contribution is 7.90. The van der Waals surface area contributed by atoms with Crippen molar-refractivity contribution in [2.45, 2.75) is 39.7 Å². The molecule has 0 atom stereocenters. The van der Waals surface area contributed by atoms with Crippen molar-refractivity contribution in [1.29, 1.82) is 0 Å². The smallest absolute Gasteiger partial charge is 0.318 e. The molecule has 9 nitrogen and oxygen atoms in total. The first-order valence-electron chi connectivity index (χ1n) is 13.5. The molecule has 0 spiro atoms. The van der Waals surface area contributed by atoms with E-state index in [1.54, 1.807) is 36.4 Å². The summed E-state index contributed by atoms with van der Waals surface area (Å²) in [6.07, 6.45) is 1.97. The van der Waals surface area contributed by atoms with Gasteiger partial charge in [0.05, 0.1) is 18.0 Å². The minimum atomic E-state index is -4.10. The molecule has 0 radical (unpaired) electrons. The van der Waals surface area contributed by atoms with E-state index in [9.17, 15) is 18.3 Å². The Balaban J connectivity index is 1.27. The molecule has 2 heterocycles. The number of benzene rings is 3. The summed E-state index contributed by atoms with van der Waals surface area (Å²) in [5, 5.41) is 9.54. The molecule has 0 fully saturated rings. The molecule has 214 valence electrons. The van der Waals surface area contributed by atoms with Crippen LogP contribution in [0.5, 0.6) is 5.75 Å². The minimum absolute atomic E-state index is 0.104. The van der Waals surface area contributed by atoms with Crippen molar-refractivity contribution in [2.24, 2.45) is 0 Å². The molecule has 4 aromatic rings. The van der Waals surface area contributed by atoms with Gasteiger partial charge >= 0.3 is 16.2 Å². The lowest BCUT2D eigenvalue weighted by Crippen LogP contribution is -2.47. The lowest BCUT2D eigenvalue weighted by Gasteiger charge is -2.34. The molecule has 0 aliphatic carbocycles. The fourth-order valence-electron chi connectivity index (χ4n) is 4.93. The van der Waals surface area contributed by atoms with Crippen LogP contribution in [0.25, 0.3) is 11.5 Å². The fourth-order valence-corrected chi connectivity index (χ4v) is 6.58. The van der Waals surface area contributed by atoms with E-state index in [-0.39, 0.29) is 6.54 Å². The second-order valence-electron chi connectivity index (χ2n) is 10.1. The van der Waals surface area contributed by atoms with Gasteiger partial charge in [0.15, 0.2) is 0 Å². The number of aryl methyl sites for hydroxylation is 3. The summed E-state index contributed by atoms with van der Waals surface area (Å²) in [5.41, 5.74) is 5.02. The van der Waals surface area contributed by atoms with Crippen LogP contribution >= 0.6 is 0 Å². The van der Waals surface area contributed by atoms with Gasteiger partial charge in [0.25, 0.3) is 0 Å². The topological polar surface area (TPSA) is 113 Å². The molecule has 1 N–H and O–H groups in total. The molecule has 3 aromatic carbocycles. The molecule has 0 amide bonds. The first-order chi connectivity index (χ1) is 19.7. The third-order valence-corrected chi connectivity index (χ3v) is 8.89. The zero-order valence-electron chi connectivity index (χ0n) is 23.1. The lowest BCUT2D eigenvalue weighted by atomic mass is 10.0. The number of rotatable bonds is 11. The number of aromatic nitrogens is 1. The van der Waals surface area contributed by atoms with E-state index in [1.165, 1.54) is 4.31 Å². The number of oxazole rings is 1. The monoisotopic (exact) mass is 575 g/mol. The number of carboxylic acids is 1. The third-order valence-electron chi connectivity index (χ3n) is 7.04. The van der Waals surface area contributed by atoms with Crippen molar-refractivity contribution in [2.75, 3.05) is 24.0 Å². The van der Waals surface area contributed by atoms with Crippen LogP contribution < -0.4 is 9.04 Å². The maximum Gasteiger partial charge on any atom is 0.318 e. The number of hydrogen-bond donors (Lipinski definition) is 1. The molecular weight excluding hydrogens is 542 g/mol. The first-order valence-corrected chi connectivity index (χ1v) is 14.9. The molecular formula is C31H33N3O6S. The van der Waals surface area contributed by atoms with Gasteiger partial charge in [-0.05, 0) is 68.1 Å². The molecule has 1 aromatic heterocycles. The summed E-state index contributed by atoms with van der Waals surface area (Å²) in [7, 11) is -4.10. The van der Waals surface area contributed by atoms with E-state index in [0.29, 0.717) is 48.9 Å². The summed E-state index contributed by atoms with van der Waals surface area (Å²) in [6, 6.07) is 22.4. The van der Waals surface area contributed by atoms with Crippen LogP contribution in [-0.4, -0.2) is 48.5 Å². The Labute approximate surface area is 240 Å². The summed E-state index contributed by atoms with van der Waals surface area (Å²) >= 11 is 0. The van der Waals surface area contributed by atoms with E-state index in [2.05, 4.69) is 4.98 Å². The number of ether oxygens (including phenoxy) is 1. The summed E-state index contributed by atoms with van der Waals surface area (Å²) in [5.74, 6) is 0.625. The van der Waals surface area contributed by atoms with Gasteiger partial charge < -0.3 is 14.3 Å². The second-order valence-corrected chi connectivity index (χ2v) is 12.0. The number of anilines is 1. The number of hydrogen-bond acceptors (Lipinski definition) is 6. The Kier molecular flexibility index (Phi) is 8.41. The Bertz CT molecular complexity index is 1630. The average Bonchev–Trinajstić information content (AvgIpc) is 3.32. The van der Waals surface area contributed by atoms with Crippen LogP contribution in [0.1, 0.15) is 34.6 Å². The van der Waals surface area contributed by atoms with Crippen LogP contribution in [0, 0.1) is 13.8 Å². The normalized spacial score (nSPS) is 13.3. The first kappa shape index (κ1) is 28.4. The Morgan fingerprint density at radius 3 is 2.63 bits per heavy atom. The van der Waals surface area contributed by atoms with Gasteiger partial charge in [-0.15, -0.1) is 0 Å². The van der Waals surface area contributed by atoms with Crippen molar-refractivity contribution in [1.82, 2.24) is 9.29 Å².